The van der Waals surface area contributed by atoms with E-state index in [1.807, 2.05) is 0 Å². The summed E-state index contributed by atoms with van der Waals surface area (Å²) in [6.45, 7) is 3.85. The first-order chi connectivity index (χ1) is 9.21. The Hall–Kier alpha value is -0.520. The zero-order valence-electron chi connectivity index (χ0n) is 10.9. The molecule has 1 saturated carbocycles. The number of benzene rings is 1. The maximum absolute atomic E-state index is 13.5. The summed E-state index contributed by atoms with van der Waals surface area (Å²) in [5.74, 6) is -0.471. The standard InChI is InChI=1S/C13H13BrCl2FNO2/c1-3-20-10-8(14)4-7(17)5-9(10)18-11(19)12(2)6-13(12,15)16/h4-5H,3,6H2,1-2H3,(H,18,19). The van der Waals surface area contributed by atoms with Gasteiger partial charge in [-0.15, -0.1) is 23.2 Å². The van der Waals surface area contributed by atoms with Gasteiger partial charge in [0.1, 0.15) is 10.2 Å². The maximum Gasteiger partial charge on any atom is 0.233 e. The lowest BCUT2D eigenvalue weighted by molar-refractivity contribution is -0.120. The van der Waals surface area contributed by atoms with E-state index in [-0.39, 0.29) is 11.6 Å². The largest absolute Gasteiger partial charge is 0.491 e. The van der Waals surface area contributed by atoms with Crippen molar-refractivity contribution in [1.29, 1.82) is 0 Å². The summed E-state index contributed by atoms with van der Waals surface area (Å²) in [5.41, 5.74) is -0.626. The van der Waals surface area contributed by atoms with Crippen LogP contribution < -0.4 is 10.1 Å². The smallest absolute Gasteiger partial charge is 0.233 e. The minimum Gasteiger partial charge on any atom is -0.491 e. The number of nitrogens with one attached hydrogen (secondary N) is 1. The summed E-state index contributed by atoms with van der Waals surface area (Å²) in [4.78, 5) is 12.2. The molecule has 1 aromatic carbocycles. The zero-order chi connectivity index (χ0) is 15.1. The van der Waals surface area contributed by atoms with Gasteiger partial charge in [0.2, 0.25) is 5.91 Å². The normalized spacial score (nSPS) is 23.3. The quantitative estimate of drug-likeness (QED) is 0.775. The predicted molar refractivity (Wildman–Crippen MR) is 81.1 cm³/mol. The highest BCUT2D eigenvalue weighted by molar-refractivity contribution is 9.10. The van der Waals surface area contributed by atoms with E-state index in [4.69, 9.17) is 27.9 Å². The molecule has 1 N–H and O–H groups in total. The molecule has 110 valence electrons. The highest BCUT2D eigenvalue weighted by Gasteiger charge is 2.68. The first-order valence-electron chi connectivity index (χ1n) is 6.02. The fourth-order valence-electron chi connectivity index (χ4n) is 1.85. The van der Waals surface area contributed by atoms with Crippen LogP contribution in [0.1, 0.15) is 20.3 Å². The second-order valence-electron chi connectivity index (χ2n) is 4.86. The average Bonchev–Trinajstić information content (AvgIpc) is 2.84. The molecule has 0 spiro atoms. The Morgan fingerprint density at radius 3 is 2.65 bits per heavy atom. The number of halogens is 4. The molecule has 20 heavy (non-hydrogen) atoms. The molecular formula is C13H13BrCl2FNO2. The van der Waals surface area contributed by atoms with E-state index in [2.05, 4.69) is 21.2 Å². The summed E-state index contributed by atoms with van der Waals surface area (Å²) in [6, 6.07) is 2.47. The number of carbonyl (C=O) groups is 1. The molecule has 0 aliphatic heterocycles. The highest BCUT2D eigenvalue weighted by atomic mass is 79.9. The Bertz CT molecular complexity index is 568. The molecule has 0 saturated heterocycles. The average molecular weight is 385 g/mol. The SMILES string of the molecule is CCOc1c(Br)cc(F)cc1NC(=O)C1(C)CC1(Cl)Cl. The van der Waals surface area contributed by atoms with E-state index in [1.54, 1.807) is 13.8 Å². The van der Waals surface area contributed by atoms with Gasteiger partial charge in [-0.25, -0.2) is 4.39 Å². The molecule has 0 bridgehead atoms. The van der Waals surface area contributed by atoms with Gasteiger partial charge >= 0.3 is 0 Å². The fourth-order valence-corrected chi connectivity index (χ4v) is 3.10. The van der Waals surface area contributed by atoms with Crippen molar-refractivity contribution < 1.29 is 13.9 Å². The number of alkyl halides is 2. The molecule has 1 amide bonds. The van der Waals surface area contributed by atoms with Crippen molar-refractivity contribution in [2.45, 2.75) is 24.6 Å². The molecule has 1 unspecified atom stereocenters. The van der Waals surface area contributed by atoms with Gasteiger partial charge in [0.15, 0.2) is 5.75 Å². The molecule has 1 aliphatic carbocycles. The summed E-state index contributed by atoms with van der Waals surface area (Å²) in [6.07, 6.45) is 0.357. The van der Waals surface area contributed by atoms with Gasteiger partial charge in [-0.2, -0.15) is 0 Å². The molecular weight excluding hydrogens is 372 g/mol. The van der Waals surface area contributed by atoms with Crippen LogP contribution in [0.5, 0.6) is 5.75 Å². The first-order valence-corrected chi connectivity index (χ1v) is 7.57. The van der Waals surface area contributed by atoms with E-state index in [0.717, 1.165) is 0 Å². The lowest BCUT2D eigenvalue weighted by Gasteiger charge is -2.16. The molecule has 0 radical (unpaired) electrons. The molecule has 1 atom stereocenters. The Morgan fingerprint density at radius 1 is 1.55 bits per heavy atom. The molecule has 7 heteroatoms. The summed E-state index contributed by atoms with van der Waals surface area (Å²) >= 11 is 15.1. The van der Waals surface area contributed by atoms with Gasteiger partial charge in [-0.05, 0) is 42.3 Å². The molecule has 3 nitrogen and oxygen atoms in total. The number of carbonyl (C=O) groups excluding carboxylic acids is 1. The van der Waals surface area contributed by atoms with Crippen LogP contribution in [0.25, 0.3) is 0 Å². The van der Waals surface area contributed by atoms with Gasteiger partial charge < -0.3 is 10.1 Å². The number of amides is 1. The van der Waals surface area contributed by atoms with E-state index in [1.165, 1.54) is 12.1 Å². The maximum atomic E-state index is 13.5. The predicted octanol–water partition coefficient (Wildman–Crippen LogP) is 4.51. The number of ether oxygens (including phenoxy) is 1. The number of anilines is 1. The van der Waals surface area contributed by atoms with Crippen LogP contribution in [0, 0.1) is 11.2 Å². The van der Waals surface area contributed by atoms with Crippen LogP contribution in [0.2, 0.25) is 0 Å². The van der Waals surface area contributed by atoms with Gasteiger partial charge in [0.05, 0.1) is 22.2 Å². The lowest BCUT2D eigenvalue weighted by Crippen LogP contribution is -2.26. The Kier molecular flexibility index (Phi) is 4.24. The van der Waals surface area contributed by atoms with Crippen LogP contribution in [-0.2, 0) is 4.79 Å². The Balaban J connectivity index is 2.27. The van der Waals surface area contributed by atoms with E-state index in [0.29, 0.717) is 23.2 Å². The molecule has 2 rings (SSSR count). The minimum atomic E-state index is -1.08. The van der Waals surface area contributed by atoms with Crippen molar-refractivity contribution in [2.24, 2.45) is 5.41 Å². The fraction of sp³-hybridized carbons (Fsp3) is 0.462. The molecule has 0 aromatic heterocycles. The van der Waals surface area contributed by atoms with Crippen molar-refractivity contribution in [3.8, 4) is 5.75 Å². The summed E-state index contributed by atoms with van der Waals surface area (Å²) in [7, 11) is 0. The minimum absolute atomic E-state index is 0.251. The lowest BCUT2D eigenvalue weighted by atomic mass is 10.1. The van der Waals surface area contributed by atoms with Crippen molar-refractivity contribution in [1.82, 2.24) is 0 Å². The number of rotatable bonds is 4. The van der Waals surface area contributed by atoms with Gasteiger partial charge in [-0.1, -0.05) is 0 Å². The van der Waals surface area contributed by atoms with Gasteiger partial charge in [0.25, 0.3) is 0 Å². The van der Waals surface area contributed by atoms with Crippen LogP contribution in [-0.4, -0.2) is 16.8 Å². The molecule has 1 fully saturated rings. The topological polar surface area (TPSA) is 38.3 Å². The zero-order valence-corrected chi connectivity index (χ0v) is 14.0. The summed E-state index contributed by atoms with van der Waals surface area (Å²) in [5, 5.41) is 2.63. The van der Waals surface area contributed by atoms with Crippen molar-refractivity contribution in [2.75, 3.05) is 11.9 Å². The first kappa shape index (κ1) is 15.9. The third-order valence-corrected chi connectivity index (χ3v) is 4.99. The second kappa shape index (κ2) is 5.35. The van der Waals surface area contributed by atoms with E-state index >= 15 is 0 Å². The molecule has 1 aromatic rings. The Morgan fingerprint density at radius 2 is 2.15 bits per heavy atom. The van der Waals surface area contributed by atoms with Crippen molar-refractivity contribution in [3.63, 3.8) is 0 Å². The van der Waals surface area contributed by atoms with Crippen LogP contribution in [0.15, 0.2) is 16.6 Å². The summed E-state index contributed by atoms with van der Waals surface area (Å²) < 4.78 is 18.2. The van der Waals surface area contributed by atoms with E-state index in [9.17, 15) is 9.18 Å². The van der Waals surface area contributed by atoms with Gasteiger partial charge in [-0.3, -0.25) is 4.79 Å². The van der Waals surface area contributed by atoms with Crippen molar-refractivity contribution in [3.05, 3.63) is 22.4 Å². The van der Waals surface area contributed by atoms with Crippen molar-refractivity contribution >= 4 is 50.7 Å². The van der Waals surface area contributed by atoms with Crippen LogP contribution in [0.4, 0.5) is 10.1 Å². The van der Waals surface area contributed by atoms with E-state index < -0.39 is 15.6 Å². The monoisotopic (exact) mass is 383 g/mol. The molecule has 0 heterocycles. The third-order valence-electron chi connectivity index (χ3n) is 3.30. The molecule has 1 aliphatic rings. The number of hydrogen-bond acceptors (Lipinski definition) is 2. The van der Waals surface area contributed by atoms with Crippen LogP contribution in [0.3, 0.4) is 0 Å². The van der Waals surface area contributed by atoms with Gasteiger partial charge in [0, 0.05) is 6.07 Å². The highest BCUT2D eigenvalue weighted by Crippen LogP contribution is 2.64. The third kappa shape index (κ3) is 2.76. The Labute approximate surface area is 134 Å². The van der Waals surface area contributed by atoms with Crippen LogP contribution >= 0.6 is 39.1 Å². The number of hydrogen-bond donors (Lipinski definition) is 1. The second-order valence-corrected chi connectivity index (χ2v) is 7.20.